The summed E-state index contributed by atoms with van der Waals surface area (Å²) in [5.41, 5.74) is 1.26. The van der Waals surface area contributed by atoms with Gasteiger partial charge in [-0.25, -0.2) is 0 Å². The van der Waals surface area contributed by atoms with E-state index in [1.807, 2.05) is 0 Å². The third-order valence-electron chi connectivity index (χ3n) is 3.88. The largest absolute Gasteiger partial charge is 0.390 e. The van der Waals surface area contributed by atoms with E-state index in [9.17, 15) is 5.11 Å². The summed E-state index contributed by atoms with van der Waals surface area (Å²) >= 11 is 1.72. The molecule has 0 aromatic carbocycles. The second-order valence-electron chi connectivity index (χ2n) is 6.05. The summed E-state index contributed by atoms with van der Waals surface area (Å²) in [5, 5.41) is 14.9. The average Bonchev–Trinajstić information content (AvgIpc) is 2.63. The molecule has 1 aromatic heterocycles. The Morgan fingerprint density at radius 3 is 2.75 bits per heavy atom. The van der Waals surface area contributed by atoms with Crippen LogP contribution in [0.4, 0.5) is 0 Å². The van der Waals surface area contributed by atoms with E-state index in [1.54, 1.807) is 11.3 Å². The third kappa shape index (κ3) is 3.08. The number of rotatable bonds is 2. The van der Waals surface area contributed by atoms with Crippen LogP contribution >= 0.6 is 11.3 Å². The molecule has 0 saturated heterocycles. The highest BCUT2D eigenvalue weighted by molar-refractivity contribution is 7.07. The number of hydrogen-bond acceptors (Lipinski definition) is 2. The second-order valence-corrected chi connectivity index (χ2v) is 6.83. The summed E-state index contributed by atoms with van der Waals surface area (Å²) in [6.07, 6.45) is 6.31. The van der Waals surface area contributed by atoms with E-state index in [1.165, 1.54) is 12.0 Å². The molecule has 1 N–H and O–H groups in total. The highest BCUT2D eigenvalue weighted by Crippen LogP contribution is 2.39. The fourth-order valence-electron chi connectivity index (χ4n) is 2.67. The van der Waals surface area contributed by atoms with Crippen LogP contribution in [0.1, 0.15) is 51.5 Å². The molecule has 0 amide bonds. The number of thiophene rings is 1. The van der Waals surface area contributed by atoms with Crippen molar-refractivity contribution in [3.8, 4) is 0 Å². The van der Waals surface area contributed by atoms with Crippen molar-refractivity contribution in [2.24, 2.45) is 5.41 Å². The van der Waals surface area contributed by atoms with Gasteiger partial charge < -0.3 is 5.11 Å². The molecule has 1 atom stereocenters. The zero-order valence-corrected chi connectivity index (χ0v) is 11.1. The first-order valence-corrected chi connectivity index (χ1v) is 7.17. The number of aliphatic hydroxyl groups is 1. The first-order chi connectivity index (χ1) is 7.49. The Bertz CT molecular complexity index is 329. The molecule has 2 rings (SSSR count). The molecule has 0 aliphatic heterocycles. The summed E-state index contributed by atoms with van der Waals surface area (Å²) in [6.45, 7) is 4.65. The van der Waals surface area contributed by atoms with Crippen LogP contribution in [-0.2, 0) is 6.42 Å². The van der Waals surface area contributed by atoms with Crippen molar-refractivity contribution in [3.63, 3.8) is 0 Å². The average molecular weight is 238 g/mol. The van der Waals surface area contributed by atoms with E-state index in [2.05, 4.69) is 30.7 Å². The maximum absolute atomic E-state index is 10.7. The van der Waals surface area contributed by atoms with E-state index < -0.39 is 5.60 Å². The zero-order chi connectivity index (χ0) is 11.6. The van der Waals surface area contributed by atoms with Crippen molar-refractivity contribution in [2.75, 3.05) is 0 Å². The molecule has 90 valence electrons. The van der Waals surface area contributed by atoms with Crippen LogP contribution in [0.2, 0.25) is 0 Å². The summed E-state index contributed by atoms with van der Waals surface area (Å²) in [7, 11) is 0. The highest BCUT2D eigenvalue weighted by atomic mass is 32.1. The van der Waals surface area contributed by atoms with Crippen molar-refractivity contribution < 1.29 is 5.11 Å². The summed E-state index contributed by atoms with van der Waals surface area (Å²) in [6, 6.07) is 2.14. The SMILES string of the molecule is CC1(C)CCCC(O)(Cc2ccsc2)CC1. The molecular formula is C14H22OS. The minimum Gasteiger partial charge on any atom is -0.390 e. The maximum atomic E-state index is 10.7. The molecule has 1 aliphatic carbocycles. The number of hydrogen-bond donors (Lipinski definition) is 1. The summed E-state index contributed by atoms with van der Waals surface area (Å²) in [5.74, 6) is 0. The molecule has 1 aliphatic rings. The van der Waals surface area contributed by atoms with Crippen molar-refractivity contribution in [2.45, 2.75) is 58.0 Å². The Kier molecular flexibility index (Phi) is 3.41. The Hall–Kier alpha value is -0.340. The van der Waals surface area contributed by atoms with Crippen LogP contribution in [0, 0.1) is 5.41 Å². The van der Waals surface area contributed by atoms with Crippen LogP contribution in [0.25, 0.3) is 0 Å². The fraction of sp³-hybridized carbons (Fsp3) is 0.714. The van der Waals surface area contributed by atoms with Gasteiger partial charge in [0.15, 0.2) is 0 Å². The van der Waals surface area contributed by atoms with Crippen LogP contribution in [-0.4, -0.2) is 10.7 Å². The van der Waals surface area contributed by atoms with Crippen molar-refractivity contribution >= 4 is 11.3 Å². The normalized spacial score (nSPS) is 29.9. The van der Waals surface area contributed by atoms with Crippen LogP contribution in [0.3, 0.4) is 0 Å². The predicted molar refractivity (Wildman–Crippen MR) is 69.8 cm³/mol. The van der Waals surface area contributed by atoms with Gasteiger partial charge in [-0.05, 0) is 53.5 Å². The molecule has 1 aromatic rings. The zero-order valence-electron chi connectivity index (χ0n) is 10.3. The molecule has 1 nitrogen and oxygen atoms in total. The van der Waals surface area contributed by atoms with E-state index >= 15 is 0 Å². The molecule has 16 heavy (non-hydrogen) atoms. The van der Waals surface area contributed by atoms with Crippen molar-refractivity contribution in [1.29, 1.82) is 0 Å². The van der Waals surface area contributed by atoms with Gasteiger partial charge >= 0.3 is 0 Å². The molecular weight excluding hydrogens is 216 g/mol. The Morgan fingerprint density at radius 2 is 2.06 bits per heavy atom. The van der Waals surface area contributed by atoms with Crippen LogP contribution in [0.5, 0.6) is 0 Å². The van der Waals surface area contributed by atoms with E-state index in [4.69, 9.17) is 0 Å². The predicted octanol–water partition coefficient (Wildman–Crippen LogP) is 4.01. The lowest BCUT2D eigenvalue weighted by Gasteiger charge is -2.27. The van der Waals surface area contributed by atoms with Crippen LogP contribution < -0.4 is 0 Å². The second kappa shape index (κ2) is 4.50. The molecule has 1 heterocycles. The van der Waals surface area contributed by atoms with Gasteiger partial charge in [0, 0.05) is 6.42 Å². The van der Waals surface area contributed by atoms with Crippen LogP contribution in [0.15, 0.2) is 16.8 Å². The van der Waals surface area contributed by atoms with Gasteiger partial charge in [-0.15, -0.1) is 0 Å². The molecule has 0 spiro atoms. The standard InChI is InChI=1S/C14H22OS/c1-13(2)5-3-6-14(15,8-7-13)10-12-4-9-16-11-12/h4,9,11,15H,3,5-8,10H2,1-2H3. The quantitative estimate of drug-likeness (QED) is 0.772. The molecule has 1 unspecified atom stereocenters. The van der Waals surface area contributed by atoms with E-state index in [-0.39, 0.29) is 0 Å². The Balaban J connectivity index is 2.02. The van der Waals surface area contributed by atoms with E-state index in [0.717, 1.165) is 32.1 Å². The Labute approximate surface area is 103 Å². The first-order valence-electron chi connectivity index (χ1n) is 6.23. The van der Waals surface area contributed by atoms with Gasteiger partial charge in [-0.2, -0.15) is 11.3 Å². The van der Waals surface area contributed by atoms with Gasteiger partial charge in [0.2, 0.25) is 0 Å². The first kappa shape index (κ1) is 12.1. The molecule has 1 saturated carbocycles. The summed E-state index contributed by atoms with van der Waals surface area (Å²) < 4.78 is 0. The van der Waals surface area contributed by atoms with E-state index in [0.29, 0.717) is 5.41 Å². The van der Waals surface area contributed by atoms with Crippen molar-refractivity contribution in [1.82, 2.24) is 0 Å². The van der Waals surface area contributed by atoms with Gasteiger partial charge in [-0.3, -0.25) is 0 Å². The van der Waals surface area contributed by atoms with Gasteiger partial charge in [0.25, 0.3) is 0 Å². The lowest BCUT2D eigenvalue weighted by atomic mass is 9.83. The molecule has 2 heteroatoms. The molecule has 1 fully saturated rings. The minimum atomic E-state index is -0.450. The summed E-state index contributed by atoms with van der Waals surface area (Å²) in [4.78, 5) is 0. The highest BCUT2D eigenvalue weighted by Gasteiger charge is 2.33. The Morgan fingerprint density at radius 1 is 1.25 bits per heavy atom. The molecule has 0 radical (unpaired) electrons. The fourth-order valence-corrected chi connectivity index (χ4v) is 3.34. The molecule has 0 bridgehead atoms. The maximum Gasteiger partial charge on any atom is 0.0688 e. The smallest absolute Gasteiger partial charge is 0.0688 e. The minimum absolute atomic E-state index is 0.416. The topological polar surface area (TPSA) is 20.2 Å². The lowest BCUT2D eigenvalue weighted by molar-refractivity contribution is 0.0227. The van der Waals surface area contributed by atoms with Gasteiger partial charge in [0.05, 0.1) is 5.60 Å². The third-order valence-corrected chi connectivity index (χ3v) is 4.61. The lowest BCUT2D eigenvalue weighted by Crippen LogP contribution is -2.30. The van der Waals surface area contributed by atoms with Gasteiger partial charge in [0.1, 0.15) is 0 Å². The monoisotopic (exact) mass is 238 g/mol. The van der Waals surface area contributed by atoms with Crippen molar-refractivity contribution in [3.05, 3.63) is 22.4 Å². The van der Waals surface area contributed by atoms with Gasteiger partial charge in [-0.1, -0.05) is 20.3 Å².